The number of benzene rings is 2. The molecule has 0 aromatic heterocycles. The van der Waals surface area contributed by atoms with E-state index in [1.54, 1.807) is 4.90 Å². The highest BCUT2D eigenvalue weighted by atomic mass is 19.1. The molecule has 1 amide bonds. The first kappa shape index (κ1) is 19.4. The monoisotopic (exact) mass is 396 g/mol. The average molecular weight is 396 g/mol. The molecule has 2 aliphatic rings. The molecular weight excluding hydrogens is 375 g/mol. The van der Waals surface area contributed by atoms with E-state index >= 15 is 0 Å². The van der Waals surface area contributed by atoms with Crippen LogP contribution in [-0.2, 0) is 21.7 Å². The summed E-state index contributed by atoms with van der Waals surface area (Å²) < 4.78 is 24.9. The molecule has 2 unspecified atom stereocenters. The summed E-state index contributed by atoms with van der Waals surface area (Å²) in [7, 11) is 0. The fourth-order valence-corrected chi connectivity index (χ4v) is 4.29. The van der Waals surface area contributed by atoms with Gasteiger partial charge in [-0.25, -0.2) is 9.18 Å². The van der Waals surface area contributed by atoms with Crippen LogP contribution in [0.3, 0.4) is 0 Å². The second-order valence-electron chi connectivity index (χ2n) is 7.53. The number of aliphatic hydroxyl groups is 1. The number of amides is 1. The number of fused-ring (bicyclic) bond motifs is 2. The maximum Gasteiger partial charge on any atom is 0.410 e. The summed E-state index contributed by atoms with van der Waals surface area (Å²) in [5.74, 6) is -0.515. The van der Waals surface area contributed by atoms with E-state index in [0.717, 1.165) is 5.56 Å². The molecule has 2 bridgehead atoms. The van der Waals surface area contributed by atoms with Crippen molar-refractivity contribution < 1.29 is 23.8 Å². The zero-order chi connectivity index (χ0) is 20.4. The fourth-order valence-electron chi connectivity index (χ4n) is 4.29. The Morgan fingerprint density at radius 2 is 1.93 bits per heavy atom. The van der Waals surface area contributed by atoms with Gasteiger partial charge in [-0.3, -0.25) is 4.90 Å². The minimum atomic E-state index is -1.41. The maximum absolute atomic E-state index is 13.8. The molecule has 2 heterocycles. The van der Waals surface area contributed by atoms with Crippen molar-refractivity contribution in [2.45, 2.75) is 37.1 Å². The lowest BCUT2D eigenvalue weighted by Crippen LogP contribution is -2.62. The third-order valence-corrected chi connectivity index (χ3v) is 5.57. The second kappa shape index (κ2) is 7.82. The van der Waals surface area contributed by atoms with Gasteiger partial charge >= 0.3 is 6.09 Å². The molecule has 2 aromatic carbocycles. The molecule has 2 saturated heterocycles. The Kier molecular flexibility index (Phi) is 5.22. The van der Waals surface area contributed by atoms with Crippen molar-refractivity contribution >= 4 is 6.09 Å². The lowest BCUT2D eigenvalue weighted by molar-refractivity contribution is -0.137. The van der Waals surface area contributed by atoms with E-state index in [9.17, 15) is 19.6 Å². The zero-order valence-corrected chi connectivity index (χ0v) is 15.8. The molecule has 0 aliphatic carbocycles. The number of ether oxygens (including phenoxy) is 2. The van der Waals surface area contributed by atoms with Gasteiger partial charge in [-0.2, -0.15) is 5.26 Å². The summed E-state index contributed by atoms with van der Waals surface area (Å²) in [6.45, 7) is 0.649. The highest BCUT2D eigenvalue weighted by Crippen LogP contribution is 2.42. The average Bonchev–Trinajstić information content (AvgIpc) is 2.72. The summed E-state index contributed by atoms with van der Waals surface area (Å²) in [6.07, 6.45) is -0.182. The van der Waals surface area contributed by atoms with Crippen LogP contribution in [0.2, 0.25) is 0 Å². The number of hydrogen-bond donors (Lipinski definition) is 1. The highest BCUT2D eigenvalue weighted by molar-refractivity contribution is 5.69. The van der Waals surface area contributed by atoms with Gasteiger partial charge in [0.05, 0.1) is 42.5 Å². The number of hydrogen-bond acceptors (Lipinski definition) is 5. The van der Waals surface area contributed by atoms with Crippen molar-refractivity contribution in [3.8, 4) is 6.07 Å². The van der Waals surface area contributed by atoms with E-state index in [0.29, 0.717) is 0 Å². The minimum absolute atomic E-state index is 0.141. The van der Waals surface area contributed by atoms with Crippen molar-refractivity contribution in [2.75, 3.05) is 13.2 Å². The van der Waals surface area contributed by atoms with Gasteiger partial charge in [0.25, 0.3) is 0 Å². The Bertz CT molecular complexity index is 930. The van der Waals surface area contributed by atoms with E-state index < -0.39 is 29.6 Å². The van der Waals surface area contributed by atoms with E-state index in [1.165, 1.54) is 18.2 Å². The molecule has 6 nitrogen and oxygen atoms in total. The van der Waals surface area contributed by atoms with Crippen LogP contribution in [0.15, 0.2) is 48.5 Å². The van der Waals surface area contributed by atoms with E-state index in [2.05, 4.69) is 0 Å². The standard InChI is InChI=1S/C22H21FN2O4/c23-17-7-6-16(11-24)20(8-17)22(27)9-18-13-28-14-19(10-22)25(18)21(26)29-12-15-4-2-1-3-5-15/h1-8,18-19,27H,9-10,12-14H2. The second-order valence-corrected chi connectivity index (χ2v) is 7.53. The van der Waals surface area contributed by atoms with Gasteiger partial charge in [-0.15, -0.1) is 0 Å². The Morgan fingerprint density at radius 1 is 1.24 bits per heavy atom. The Labute approximate surface area is 168 Å². The summed E-state index contributed by atoms with van der Waals surface area (Å²) >= 11 is 0. The SMILES string of the molecule is N#Cc1ccc(F)cc1C1(O)CC2COCC(C1)N2C(=O)OCc1ccccc1. The molecule has 4 rings (SSSR count). The number of piperidine rings is 1. The summed E-state index contributed by atoms with van der Waals surface area (Å²) in [5, 5.41) is 20.7. The largest absolute Gasteiger partial charge is 0.445 e. The normalized spacial score (nSPS) is 25.9. The summed E-state index contributed by atoms with van der Waals surface area (Å²) in [5.41, 5.74) is -0.0425. The molecule has 150 valence electrons. The van der Waals surface area contributed by atoms with Crippen molar-refractivity contribution in [1.82, 2.24) is 4.90 Å². The highest BCUT2D eigenvalue weighted by Gasteiger charge is 2.50. The molecule has 2 fully saturated rings. The van der Waals surface area contributed by atoms with Gasteiger partial charge in [-0.1, -0.05) is 30.3 Å². The van der Waals surface area contributed by atoms with E-state index in [-0.39, 0.29) is 43.8 Å². The Balaban J connectivity index is 1.54. The maximum atomic E-state index is 13.8. The Morgan fingerprint density at radius 3 is 2.59 bits per heavy atom. The van der Waals surface area contributed by atoms with Crippen LogP contribution in [-0.4, -0.2) is 41.4 Å². The van der Waals surface area contributed by atoms with E-state index in [4.69, 9.17) is 9.47 Å². The molecule has 2 atom stereocenters. The van der Waals surface area contributed by atoms with Crippen LogP contribution in [0.4, 0.5) is 9.18 Å². The van der Waals surface area contributed by atoms with Crippen LogP contribution in [0.1, 0.15) is 29.5 Å². The van der Waals surface area contributed by atoms with Gasteiger partial charge in [0.15, 0.2) is 0 Å². The molecule has 1 N–H and O–H groups in total. The van der Waals surface area contributed by atoms with Crippen LogP contribution in [0.25, 0.3) is 0 Å². The number of rotatable bonds is 3. The number of nitrogens with zero attached hydrogens (tertiary/aromatic N) is 2. The van der Waals surface area contributed by atoms with Gasteiger partial charge in [0.2, 0.25) is 0 Å². The smallest absolute Gasteiger partial charge is 0.410 e. The van der Waals surface area contributed by atoms with Gasteiger partial charge in [0, 0.05) is 18.4 Å². The van der Waals surface area contributed by atoms with Crippen molar-refractivity contribution in [1.29, 1.82) is 5.26 Å². The van der Waals surface area contributed by atoms with Crippen LogP contribution >= 0.6 is 0 Å². The lowest BCUT2D eigenvalue weighted by atomic mass is 9.75. The van der Waals surface area contributed by atoms with Gasteiger partial charge in [0.1, 0.15) is 12.4 Å². The molecule has 2 aromatic rings. The van der Waals surface area contributed by atoms with Crippen LogP contribution in [0.5, 0.6) is 0 Å². The van der Waals surface area contributed by atoms with E-state index in [1.807, 2.05) is 36.4 Å². The molecule has 0 saturated carbocycles. The third-order valence-electron chi connectivity index (χ3n) is 5.57. The zero-order valence-electron chi connectivity index (χ0n) is 15.8. The first-order chi connectivity index (χ1) is 14.0. The quantitative estimate of drug-likeness (QED) is 0.862. The van der Waals surface area contributed by atoms with Gasteiger partial charge < -0.3 is 14.6 Å². The van der Waals surface area contributed by atoms with Crippen LogP contribution < -0.4 is 0 Å². The van der Waals surface area contributed by atoms with Crippen molar-refractivity contribution in [3.05, 3.63) is 71.0 Å². The third kappa shape index (κ3) is 3.82. The molecule has 0 radical (unpaired) electrons. The fraction of sp³-hybridized carbons (Fsp3) is 0.364. The number of morpholine rings is 1. The van der Waals surface area contributed by atoms with Crippen LogP contribution in [0, 0.1) is 17.1 Å². The predicted octanol–water partition coefficient (Wildman–Crippen LogP) is 3.08. The summed E-state index contributed by atoms with van der Waals surface area (Å²) in [6, 6.07) is 14.3. The van der Waals surface area contributed by atoms with Crippen molar-refractivity contribution in [3.63, 3.8) is 0 Å². The number of carbonyl (C=O) groups is 1. The first-order valence-corrected chi connectivity index (χ1v) is 9.49. The van der Waals surface area contributed by atoms with Gasteiger partial charge in [-0.05, 0) is 23.8 Å². The van der Waals surface area contributed by atoms with Crippen molar-refractivity contribution in [2.24, 2.45) is 0 Å². The molecule has 0 spiro atoms. The molecular formula is C22H21FN2O4. The molecule has 29 heavy (non-hydrogen) atoms. The lowest BCUT2D eigenvalue weighted by Gasteiger charge is -2.51. The number of carbonyl (C=O) groups excluding carboxylic acids is 1. The summed E-state index contributed by atoms with van der Waals surface area (Å²) in [4.78, 5) is 14.4. The first-order valence-electron chi connectivity index (χ1n) is 9.49. The minimum Gasteiger partial charge on any atom is -0.445 e. The molecule has 7 heteroatoms. The molecule has 2 aliphatic heterocycles. The Hall–Kier alpha value is -2.95. The number of halogens is 1. The topological polar surface area (TPSA) is 82.8 Å². The number of nitriles is 1. The predicted molar refractivity (Wildman–Crippen MR) is 101 cm³/mol.